The monoisotopic (exact) mass is 274 g/mol. The van der Waals surface area contributed by atoms with E-state index in [1.165, 1.54) is 0 Å². The number of likely N-dealkylation sites (tertiary alicyclic amines) is 1. The van der Waals surface area contributed by atoms with E-state index in [0.29, 0.717) is 12.8 Å². The zero-order valence-electron chi connectivity index (χ0n) is 12.3. The summed E-state index contributed by atoms with van der Waals surface area (Å²) in [4.78, 5) is 26.1. The zero-order chi connectivity index (χ0) is 14.7. The smallest absolute Gasteiger partial charge is 0.225 e. The van der Waals surface area contributed by atoms with Gasteiger partial charge in [-0.15, -0.1) is 0 Å². The first kappa shape index (κ1) is 14.6. The maximum atomic E-state index is 12.4. The summed E-state index contributed by atoms with van der Waals surface area (Å²) in [6, 6.07) is 9.74. The molecule has 20 heavy (non-hydrogen) atoms. The van der Waals surface area contributed by atoms with Gasteiger partial charge in [0.25, 0.3) is 0 Å². The molecular formula is C16H22N2O2. The molecule has 1 aromatic carbocycles. The Morgan fingerprint density at radius 1 is 1.30 bits per heavy atom. The number of nitrogens with zero attached hydrogens (tertiary/aromatic N) is 1. The van der Waals surface area contributed by atoms with Crippen molar-refractivity contribution in [1.29, 1.82) is 0 Å². The fourth-order valence-corrected chi connectivity index (χ4v) is 2.81. The number of benzene rings is 1. The lowest BCUT2D eigenvalue weighted by atomic mass is 9.84. The van der Waals surface area contributed by atoms with E-state index in [1.807, 2.05) is 44.2 Å². The average molecular weight is 274 g/mol. The van der Waals surface area contributed by atoms with Crippen LogP contribution >= 0.6 is 0 Å². The first-order valence-corrected chi connectivity index (χ1v) is 7.11. The molecule has 108 valence electrons. The Hall–Kier alpha value is -1.84. The lowest BCUT2D eigenvalue weighted by Gasteiger charge is -2.38. The number of piperidine rings is 1. The van der Waals surface area contributed by atoms with E-state index >= 15 is 0 Å². The van der Waals surface area contributed by atoms with Crippen molar-refractivity contribution in [2.24, 2.45) is 5.92 Å². The zero-order valence-corrected chi connectivity index (χ0v) is 12.3. The molecule has 2 amide bonds. The minimum Gasteiger partial charge on any atom is -0.354 e. The summed E-state index contributed by atoms with van der Waals surface area (Å²) in [5.74, 6) is -0.0387. The highest BCUT2D eigenvalue weighted by atomic mass is 16.2. The molecule has 1 aliphatic rings. The molecule has 2 rings (SSSR count). The molecule has 4 heteroatoms. The van der Waals surface area contributed by atoms with Gasteiger partial charge in [0.15, 0.2) is 0 Å². The van der Waals surface area contributed by atoms with Crippen LogP contribution in [0.4, 0.5) is 0 Å². The standard InChI is InChI=1S/C16H22N2O2/c1-11(2)17-16(20)13-9-10-14(19)18(3)15(13)12-7-5-4-6-8-12/h4-8,11,13,15H,9-10H2,1-3H3,(H,17,20)/t13-,15+/m0/s1. The highest BCUT2D eigenvalue weighted by Crippen LogP contribution is 2.35. The first-order valence-electron chi connectivity index (χ1n) is 7.11. The van der Waals surface area contributed by atoms with Crippen LogP contribution in [-0.2, 0) is 9.59 Å². The SMILES string of the molecule is CC(C)NC(=O)[C@H]1CCC(=O)N(C)[C@@H]1c1ccccc1. The van der Waals surface area contributed by atoms with Gasteiger partial charge >= 0.3 is 0 Å². The third kappa shape index (κ3) is 3.00. The second kappa shape index (κ2) is 6.07. The highest BCUT2D eigenvalue weighted by Gasteiger charge is 2.38. The molecular weight excluding hydrogens is 252 g/mol. The summed E-state index contributed by atoms with van der Waals surface area (Å²) in [7, 11) is 1.79. The van der Waals surface area contributed by atoms with Gasteiger partial charge < -0.3 is 10.2 Å². The van der Waals surface area contributed by atoms with Crippen molar-refractivity contribution >= 4 is 11.8 Å². The number of carbonyl (C=O) groups is 2. The van der Waals surface area contributed by atoms with Crippen molar-refractivity contribution in [1.82, 2.24) is 10.2 Å². The highest BCUT2D eigenvalue weighted by molar-refractivity contribution is 5.85. The molecule has 2 atom stereocenters. The number of hydrogen-bond acceptors (Lipinski definition) is 2. The molecule has 0 saturated carbocycles. The maximum Gasteiger partial charge on any atom is 0.225 e. The topological polar surface area (TPSA) is 49.4 Å². The molecule has 1 fully saturated rings. The summed E-state index contributed by atoms with van der Waals surface area (Å²) < 4.78 is 0. The molecule has 1 N–H and O–H groups in total. The van der Waals surface area contributed by atoms with Crippen LogP contribution in [0.3, 0.4) is 0 Å². The summed E-state index contributed by atoms with van der Waals surface area (Å²) in [6.45, 7) is 3.90. The fourth-order valence-electron chi connectivity index (χ4n) is 2.81. The second-order valence-electron chi connectivity index (χ2n) is 5.67. The van der Waals surface area contributed by atoms with Gasteiger partial charge in [0.2, 0.25) is 11.8 Å². The van der Waals surface area contributed by atoms with Crippen LogP contribution in [0.25, 0.3) is 0 Å². The number of hydrogen-bond donors (Lipinski definition) is 1. The van der Waals surface area contributed by atoms with Gasteiger partial charge in [-0.3, -0.25) is 9.59 Å². The Balaban J connectivity index is 2.29. The van der Waals surface area contributed by atoms with E-state index in [2.05, 4.69) is 5.32 Å². The lowest BCUT2D eigenvalue weighted by molar-refractivity contribution is -0.141. The Bertz CT molecular complexity index is 485. The predicted molar refractivity (Wildman–Crippen MR) is 78.0 cm³/mol. The normalized spacial score (nSPS) is 23.0. The summed E-state index contributed by atoms with van der Waals surface area (Å²) >= 11 is 0. The Morgan fingerprint density at radius 2 is 1.95 bits per heavy atom. The molecule has 0 spiro atoms. The minimum absolute atomic E-state index is 0.0354. The van der Waals surface area contributed by atoms with Gasteiger partial charge in [-0.1, -0.05) is 30.3 Å². The van der Waals surface area contributed by atoms with Gasteiger partial charge in [0.1, 0.15) is 0 Å². The summed E-state index contributed by atoms with van der Waals surface area (Å²) in [5, 5.41) is 2.97. The van der Waals surface area contributed by atoms with Crippen molar-refractivity contribution in [3.63, 3.8) is 0 Å². The van der Waals surface area contributed by atoms with E-state index in [0.717, 1.165) is 5.56 Å². The lowest BCUT2D eigenvalue weighted by Crippen LogP contribution is -2.47. The van der Waals surface area contributed by atoms with Crippen LogP contribution in [0, 0.1) is 5.92 Å². The van der Waals surface area contributed by atoms with Crippen LogP contribution in [0.15, 0.2) is 30.3 Å². The summed E-state index contributed by atoms with van der Waals surface area (Å²) in [6.07, 6.45) is 1.05. The van der Waals surface area contributed by atoms with E-state index in [-0.39, 0.29) is 29.8 Å². The van der Waals surface area contributed by atoms with Gasteiger partial charge in [-0.25, -0.2) is 0 Å². The van der Waals surface area contributed by atoms with Crippen LogP contribution in [0.5, 0.6) is 0 Å². The van der Waals surface area contributed by atoms with Gasteiger partial charge in [-0.05, 0) is 25.8 Å². The van der Waals surface area contributed by atoms with Crippen LogP contribution in [0.1, 0.15) is 38.3 Å². The van der Waals surface area contributed by atoms with E-state index in [4.69, 9.17) is 0 Å². The van der Waals surface area contributed by atoms with E-state index in [9.17, 15) is 9.59 Å². The molecule has 4 nitrogen and oxygen atoms in total. The molecule has 1 saturated heterocycles. The van der Waals surface area contributed by atoms with Crippen LogP contribution < -0.4 is 5.32 Å². The molecule has 0 aromatic heterocycles. The van der Waals surface area contributed by atoms with Crippen LogP contribution in [0.2, 0.25) is 0 Å². The van der Waals surface area contributed by atoms with Crippen molar-refractivity contribution in [2.45, 2.75) is 38.8 Å². The van der Waals surface area contributed by atoms with Crippen molar-refractivity contribution in [3.8, 4) is 0 Å². The molecule has 1 aromatic rings. The molecule has 1 aliphatic heterocycles. The van der Waals surface area contributed by atoms with Crippen LogP contribution in [-0.4, -0.2) is 29.8 Å². The van der Waals surface area contributed by atoms with E-state index in [1.54, 1.807) is 11.9 Å². The Kier molecular flexibility index (Phi) is 4.42. The van der Waals surface area contributed by atoms with Crippen molar-refractivity contribution in [3.05, 3.63) is 35.9 Å². The second-order valence-corrected chi connectivity index (χ2v) is 5.67. The Labute approximate surface area is 120 Å². The molecule has 0 bridgehead atoms. The third-order valence-corrected chi connectivity index (χ3v) is 3.77. The van der Waals surface area contributed by atoms with Gasteiger partial charge in [0.05, 0.1) is 12.0 Å². The minimum atomic E-state index is -0.178. The van der Waals surface area contributed by atoms with E-state index < -0.39 is 0 Å². The Morgan fingerprint density at radius 3 is 2.55 bits per heavy atom. The van der Waals surface area contributed by atoms with Crippen molar-refractivity contribution < 1.29 is 9.59 Å². The first-order chi connectivity index (χ1) is 9.50. The fraction of sp³-hybridized carbons (Fsp3) is 0.500. The third-order valence-electron chi connectivity index (χ3n) is 3.77. The van der Waals surface area contributed by atoms with Gasteiger partial charge in [-0.2, -0.15) is 0 Å². The molecule has 1 heterocycles. The predicted octanol–water partition coefficient (Wildman–Crippen LogP) is 2.12. The molecule has 0 aliphatic carbocycles. The van der Waals surface area contributed by atoms with Gasteiger partial charge in [0, 0.05) is 19.5 Å². The average Bonchev–Trinajstić information content (AvgIpc) is 2.41. The largest absolute Gasteiger partial charge is 0.354 e. The van der Waals surface area contributed by atoms with Crippen molar-refractivity contribution in [2.75, 3.05) is 7.05 Å². The molecule has 0 radical (unpaired) electrons. The number of rotatable bonds is 3. The summed E-state index contributed by atoms with van der Waals surface area (Å²) in [5.41, 5.74) is 1.02. The number of nitrogens with one attached hydrogen (secondary N) is 1. The maximum absolute atomic E-state index is 12.4. The number of carbonyl (C=O) groups excluding carboxylic acids is 2. The number of amides is 2. The molecule has 0 unspecified atom stereocenters. The quantitative estimate of drug-likeness (QED) is 0.918.